The van der Waals surface area contributed by atoms with E-state index in [2.05, 4.69) is 18.7 Å². The first-order chi connectivity index (χ1) is 6.15. The van der Waals surface area contributed by atoms with Gasteiger partial charge in [-0.15, -0.1) is 11.6 Å². The standard InChI is InChI=1S/C10H20ClNO/c1-8-4-5-12(6-10(8)11)9(2)7-13-3/h8-10H,4-7H2,1-3H3. The highest BCUT2D eigenvalue weighted by molar-refractivity contribution is 6.21. The molecule has 3 unspecified atom stereocenters. The van der Waals surface area contributed by atoms with Crippen molar-refractivity contribution in [3.8, 4) is 0 Å². The SMILES string of the molecule is COCC(C)N1CCC(C)C(Cl)C1. The maximum absolute atomic E-state index is 6.22. The summed E-state index contributed by atoms with van der Waals surface area (Å²) in [6.45, 7) is 7.40. The minimum absolute atomic E-state index is 0.313. The van der Waals surface area contributed by atoms with Crippen LogP contribution in [0.4, 0.5) is 0 Å². The van der Waals surface area contributed by atoms with Gasteiger partial charge in [0.25, 0.3) is 0 Å². The number of rotatable bonds is 3. The summed E-state index contributed by atoms with van der Waals surface area (Å²) in [5, 5.41) is 0.313. The number of ether oxygens (including phenoxy) is 1. The summed E-state index contributed by atoms with van der Waals surface area (Å²) in [4.78, 5) is 2.42. The highest BCUT2D eigenvalue weighted by Gasteiger charge is 2.26. The molecular formula is C10H20ClNO. The van der Waals surface area contributed by atoms with Crippen LogP contribution in [0.25, 0.3) is 0 Å². The van der Waals surface area contributed by atoms with Crippen molar-refractivity contribution in [1.82, 2.24) is 4.90 Å². The number of piperidine rings is 1. The van der Waals surface area contributed by atoms with Gasteiger partial charge in [0, 0.05) is 25.1 Å². The molecule has 3 atom stereocenters. The van der Waals surface area contributed by atoms with Crippen LogP contribution in [0.2, 0.25) is 0 Å². The third-order valence-corrected chi connectivity index (χ3v) is 3.50. The summed E-state index contributed by atoms with van der Waals surface area (Å²) < 4.78 is 5.13. The number of alkyl halides is 1. The molecule has 78 valence electrons. The van der Waals surface area contributed by atoms with Crippen molar-refractivity contribution < 1.29 is 4.74 Å². The fraction of sp³-hybridized carbons (Fsp3) is 1.00. The van der Waals surface area contributed by atoms with E-state index in [4.69, 9.17) is 16.3 Å². The molecule has 3 heteroatoms. The van der Waals surface area contributed by atoms with Gasteiger partial charge in [-0.05, 0) is 25.8 Å². The average Bonchev–Trinajstić information content (AvgIpc) is 2.10. The van der Waals surface area contributed by atoms with E-state index in [0.29, 0.717) is 17.3 Å². The van der Waals surface area contributed by atoms with Crippen molar-refractivity contribution in [3.63, 3.8) is 0 Å². The molecule has 0 bridgehead atoms. The molecule has 0 aromatic heterocycles. The first-order valence-electron chi connectivity index (χ1n) is 5.02. The summed E-state index contributed by atoms with van der Waals surface area (Å²) in [7, 11) is 1.75. The Morgan fingerprint density at radius 3 is 2.85 bits per heavy atom. The Kier molecular flexibility index (Phi) is 4.50. The van der Waals surface area contributed by atoms with Crippen molar-refractivity contribution in [1.29, 1.82) is 0 Å². The number of hydrogen-bond acceptors (Lipinski definition) is 2. The normalized spacial score (nSPS) is 33.2. The van der Waals surface area contributed by atoms with Crippen LogP contribution in [0, 0.1) is 5.92 Å². The number of likely N-dealkylation sites (tertiary alicyclic amines) is 1. The molecule has 0 amide bonds. The van der Waals surface area contributed by atoms with E-state index in [9.17, 15) is 0 Å². The molecule has 13 heavy (non-hydrogen) atoms. The summed E-state index contributed by atoms with van der Waals surface area (Å²) in [5.41, 5.74) is 0. The zero-order chi connectivity index (χ0) is 9.84. The van der Waals surface area contributed by atoms with Gasteiger partial charge >= 0.3 is 0 Å². The van der Waals surface area contributed by atoms with Gasteiger partial charge in [0.2, 0.25) is 0 Å². The van der Waals surface area contributed by atoms with E-state index in [1.807, 2.05) is 0 Å². The van der Waals surface area contributed by atoms with E-state index in [0.717, 1.165) is 19.7 Å². The maximum Gasteiger partial charge on any atom is 0.0615 e. The van der Waals surface area contributed by atoms with Gasteiger partial charge in [0.15, 0.2) is 0 Å². The Hall–Kier alpha value is 0.210. The zero-order valence-corrected chi connectivity index (χ0v) is 9.55. The molecule has 1 fully saturated rings. The lowest BCUT2D eigenvalue weighted by atomic mass is 9.97. The van der Waals surface area contributed by atoms with Crippen LogP contribution in [-0.4, -0.2) is 43.1 Å². The Labute approximate surface area is 86.2 Å². The molecule has 1 rings (SSSR count). The summed E-state index contributed by atoms with van der Waals surface area (Å²) in [5.74, 6) is 0.660. The largest absolute Gasteiger partial charge is 0.383 e. The topological polar surface area (TPSA) is 12.5 Å². The van der Waals surface area contributed by atoms with E-state index in [1.165, 1.54) is 6.42 Å². The van der Waals surface area contributed by atoms with Crippen molar-refractivity contribution in [2.24, 2.45) is 5.92 Å². The van der Waals surface area contributed by atoms with E-state index < -0.39 is 0 Å². The van der Waals surface area contributed by atoms with Crippen LogP contribution in [-0.2, 0) is 4.74 Å². The number of methoxy groups -OCH3 is 1. The second-order valence-corrected chi connectivity index (χ2v) is 4.64. The number of halogens is 1. The van der Waals surface area contributed by atoms with Gasteiger partial charge in [0.05, 0.1) is 6.61 Å². The minimum atomic E-state index is 0.313. The first kappa shape index (κ1) is 11.3. The molecule has 2 nitrogen and oxygen atoms in total. The Bertz CT molecular complexity index is 154. The van der Waals surface area contributed by atoms with Gasteiger partial charge in [-0.2, -0.15) is 0 Å². The summed E-state index contributed by atoms with van der Waals surface area (Å²) >= 11 is 6.22. The van der Waals surface area contributed by atoms with Crippen molar-refractivity contribution in [3.05, 3.63) is 0 Å². The fourth-order valence-electron chi connectivity index (χ4n) is 1.79. The molecule has 0 saturated carbocycles. The van der Waals surface area contributed by atoms with Crippen LogP contribution in [0.3, 0.4) is 0 Å². The molecule has 0 aliphatic carbocycles. The molecule has 0 spiro atoms. The highest BCUT2D eigenvalue weighted by atomic mass is 35.5. The molecule has 1 saturated heterocycles. The Morgan fingerprint density at radius 2 is 2.31 bits per heavy atom. The number of hydrogen-bond donors (Lipinski definition) is 0. The summed E-state index contributed by atoms with van der Waals surface area (Å²) in [6, 6.07) is 0.499. The van der Waals surface area contributed by atoms with E-state index in [-0.39, 0.29) is 0 Å². The van der Waals surface area contributed by atoms with Gasteiger partial charge in [-0.25, -0.2) is 0 Å². The minimum Gasteiger partial charge on any atom is -0.383 e. The quantitative estimate of drug-likeness (QED) is 0.654. The predicted octanol–water partition coefficient (Wildman–Crippen LogP) is 1.97. The van der Waals surface area contributed by atoms with E-state index >= 15 is 0 Å². The molecule has 0 aromatic carbocycles. The van der Waals surface area contributed by atoms with Crippen LogP contribution >= 0.6 is 11.6 Å². The molecule has 0 N–H and O–H groups in total. The van der Waals surface area contributed by atoms with Crippen LogP contribution in [0.1, 0.15) is 20.3 Å². The predicted molar refractivity (Wildman–Crippen MR) is 56.3 cm³/mol. The third-order valence-electron chi connectivity index (χ3n) is 2.93. The van der Waals surface area contributed by atoms with Crippen LogP contribution in [0.15, 0.2) is 0 Å². The van der Waals surface area contributed by atoms with Crippen molar-refractivity contribution in [2.45, 2.75) is 31.7 Å². The van der Waals surface area contributed by atoms with Crippen molar-refractivity contribution in [2.75, 3.05) is 26.8 Å². The second-order valence-electron chi connectivity index (χ2n) is 4.08. The third kappa shape index (κ3) is 3.12. The average molecular weight is 206 g/mol. The molecule has 1 aliphatic heterocycles. The van der Waals surface area contributed by atoms with Gasteiger partial charge in [0.1, 0.15) is 0 Å². The van der Waals surface area contributed by atoms with E-state index in [1.54, 1.807) is 7.11 Å². The fourth-order valence-corrected chi connectivity index (χ4v) is 2.10. The van der Waals surface area contributed by atoms with Crippen molar-refractivity contribution >= 4 is 11.6 Å². The first-order valence-corrected chi connectivity index (χ1v) is 5.46. The lowest BCUT2D eigenvalue weighted by Crippen LogP contribution is -2.46. The van der Waals surface area contributed by atoms with Crippen LogP contribution in [0.5, 0.6) is 0 Å². The highest BCUT2D eigenvalue weighted by Crippen LogP contribution is 2.22. The smallest absolute Gasteiger partial charge is 0.0615 e. The number of nitrogens with zero attached hydrogens (tertiary/aromatic N) is 1. The molecule has 0 radical (unpaired) electrons. The lowest BCUT2D eigenvalue weighted by molar-refractivity contribution is 0.0776. The summed E-state index contributed by atoms with van der Waals surface area (Å²) in [6.07, 6.45) is 1.21. The second kappa shape index (κ2) is 5.18. The van der Waals surface area contributed by atoms with Crippen LogP contribution < -0.4 is 0 Å². The zero-order valence-electron chi connectivity index (χ0n) is 8.79. The monoisotopic (exact) mass is 205 g/mol. The molecule has 0 aromatic rings. The Balaban J connectivity index is 2.36. The Morgan fingerprint density at radius 1 is 1.62 bits per heavy atom. The van der Waals surface area contributed by atoms with Gasteiger partial charge in [-0.3, -0.25) is 4.90 Å². The lowest BCUT2D eigenvalue weighted by Gasteiger charge is -2.37. The molecule has 1 aliphatic rings. The van der Waals surface area contributed by atoms with Gasteiger partial charge < -0.3 is 4.74 Å². The molecule has 1 heterocycles. The maximum atomic E-state index is 6.22. The molecular weight excluding hydrogens is 186 g/mol. The van der Waals surface area contributed by atoms with Gasteiger partial charge in [-0.1, -0.05) is 6.92 Å².